The number of ether oxygens (including phenoxy) is 4. The quantitative estimate of drug-likeness (QED) is 0.234. The largest absolute Gasteiger partial charge is 0.490 e. The number of hydrogen-bond donors (Lipinski definition) is 1. The first-order valence-corrected chi connectivity index (χ1v) is 12.2. The average Bonchev–Trinajstić information content (AvgIpc) is 2.90. The number of hydrogen-bond acceptors (Lipinski definition) is 7. The normalized spacial score (nSPS) is 14.5. The molecule has 1 unspecified atom stereocenters. The number of benzene rings is 3. The Hall–Kier alpha value is -4.70. The predicted octanol–water partition coefficient (Wildman–Crippen LogP) is 5.75. The van der Waals surface area contributed by atoms with Crippen LogP contribution in [-0.2, 0) is 10.2 Å². The average molecular weight is 511 g/mol. The Balaban J connectivity index is 1.47. The Morgan fingerprint density at radius 1 is 1.03 bits per heavy atom. The van der Waals surface area contributed by atoms with Gasteiger partial charge in [-0.05, 0) is 46.9 Å². The van der Waals surface area contributed by atoms with E-state index in [0.717, 1.165) is 11.1 Å². The number of esters is 1. The molecule has 3 aromatic rings. The number of rotatable bonds is 8. The van der Waals surface area contributed by atoms with E-state index in [1.807, 2.05) is 48.5 Å². The molecule has 0 aliphatic carbocycles. The summed E-state index contributed by atoms with van der Waals surface area (Å²) in [5.41, 5.74) is 9.17. The van der Waals surface area contributed by atoms with Crippen LogP contribution in [0.15, 0.2) is 90.8 Å². The van der Waals surface area contributed by atoms with Gasteiger partial charge in [-0.3, -0.25) is 0 Å². The van der Waals surface area contributed by atoms with Crippen molar-refractivity contribution in [3.63, 3.8) is 0 Å². The topological polar surface area (TPSA) is 104 Å². The maximum absolute atomic E-state index is 12.5. The highest BCUT2D eigenvalue weighted by Gasteiger charge is 2.31. The molecule has 0 bridgehead atoms. The van der Waals surface area contributed by atoms with Crippen molar-refractivity contribution in [1.82, 2.24) is 0 Å². The second-order valence-electron chi connectivity index (χ2n) is 9.83. The highest BCUT2D eigenvalue weighted by atomic mass is 16.6. The zero-order valence-electron chi connectivity index (χ0n) is 21.7. The second-order valence-corrected chi connectivity index (χ2v) is 9.83. The molecule has 0 fully saturated rings. The molecule has 1 heterocycles. The van der Waals surface area contributed by atoms with Crippen molar-refractivity contribution in [2.45, 2.75) is 32.1 Å². The maximum atomic E-state index is 12.5. The van der Waals surface area contributed by atoms with Gasteiger partial charge in [-0.15, -0.1) is 0 Å². The third kappa shape index (κ3) is 5.98. The van der Waals surface area contributed by atoms with Crippen LogP contribution in [0.25, 0.3) is 0 Å². The number of carbonyl (C=O) groups excluding carboxylic acids is 1. The molecule has 0 saturated heterocycles. The van der Waals surface area contributed by atoms with Gasteiger partial charge in [-0.25, -0.2) is 4.79 Å². The minimum absolute atomic E-state index is 0.00231. The summed E-state index contributed by atoms with van der Waals surface area (Å²) >= 11 is 0. The van der Waals surface area contributed by atoms with Gasteiger partial charge in [0.05, 0.1) is 5.92 Å². The summed E-state index contributed by atoms with van der Waals surface area (Å²) in [5, 5.41) is 9.78. The van der Waals surface area contributed by atoms with Crippen LogP contribution in [-0.4, -0.2) is 19.2 Å². The van der Waals surface area contributed by atoms with Crippen molar-refractivity contribution in [3.05, 3.63) is 108 Å². The first-order chi connectivity index (χ1) is 18.2. The van der Waals surface area contributed by atoms with Crippen molar-refractivity contribution >= 4 is 5.97 Å². The van der Waals surface area contributed by atoms with Crippen LogP contribution in [0.2, 0.25) is 0 Å². The minimum Gasteiger partial charge on any atom is -0.490 e. The van der Waals surface area contributed by atoms with Crippen molar-refractivity contribution in [2.75, 3.05) is 13.2 Å². The van der Waals surface area contributed by atoms with Gasteiger partial charge >= 0.3 is 5.97 Å². The molecule has 1 aliphatic heterocycles. The van der Waals surface area contributed by atoms with E-state index in [1.165, 1.54) is 5.56 Å². The summed E-state index contributed by atoms with van der Waals surface area (Å²) in [6.07, 6.45) is 1.67. The van der Waals surface area contributed by atoms with Crippen LogP contribution in [0.5, 0.6) is 23.0 Å². The molecule has 0 aromatic heterocycles. The molecule has 0 amide bonds. The maximum Gasteiger partial charge on any atom is 0.349 e. The number of nitriles is 1. The van der Waals surface area contributed by atoms with E-state index in [1.54, 1.807) is 24.3 Å². The fraction of sp³-hybridized carbons (Fsp3) is 0.226. The molecule has 0 radical (unpaired) electrons. The Bertz CT molecular complexity index is 1390. The Labute approximate surface area is 222 Å². The summed E-state index contributed by atoms with van der Waals surface area (Å²) in [6.45, 7) is 10.2. The molecule has 0 saturated carbocycles. The Kier molecular flexibility index (Phi) is 7.73. The monoisotopic (exact) mass is 510 g/mol. The van der Waals surface area contributed by atoms with Gasteiger partial charge in [0.25, 0.3) is 0 Å². The minimum atomic E-state index is -0.562. The molecule has 3 aromatic carbocycles. The summed E-state index contributed by atoms with van der Waals surface area (Å²) in [5.74, 6) is 0.945. The van der Waals surface area contributed by atoms with Gasteiger partial charge in [0, 0.05) is 11.6 Å². The predicted molar refractivity (Wildman–Crippen MR) is 144 cm³/mol. The molecule has 1 atom stereocenters. The van der Waals surface area contributed by atoms with Crippen molar-refractivity contribution in [1.29, 1.82) is 5.26 Å². The highest BCUT2D eigenvalue weighted by molar-refractivity contribution is 5.74. The summed E-state index contributed by atoms with van der Waals surface area (Å²) < 4.78 is 22.4. The first-order valence-electron chi connectivity index (χ1n) is 12.2. The molecular formula is C31H30N2O5. The standard InChI is InChI=1S/C31H30N2O5/c1-5-16-35-22-10-6-20(7-11-22)29-25-15-14-24(17-27(25)38-30(33)26(29)18-32)37-28(34)19-36-23-12-8-21(9-13-23)31(2,3)4/h5-15,17,29H,1,16,19,33H2,2-4H3. The van der Waals surface area contributed by atoms with Gasteiger partial charge < -0.3 is 24.7 Å². The van der Waals surface area contributed by atoms with Gasteiger partial charge in [0.1, 0.15) is 41.2 Å². The van der Waals surface area contributed by atoms with Crippen LogP contribution < -0.4 is 24.7 Å². The number of nitrogens with two attached hydrogens (primary N) is 1. The van der Waals surface area contributed by atoms with Gasteiger partial charge in [-0.2, -0.15) is 5.26 Å². The number of fused-ring (bicyclic) bond motifs is 1. The van der Waals surface area contributed by atoms with Crippen molar-refractivity contribution < 1.29 is 23.7 Å². The van der Waals surface area contributed by atoms with Crippen LogP contribution >= 0.6 is 0 Å². The molecule has 38 heavy (non-hydrogen) atoms. The zero-order chi connectivity index (χ0) is 27.3. The molecule has 194 valence electrons. The molecular weight excluding hydrogens is 480 g/mol. The lowest BCUT2D eigenvalue weighted by Gasteiger charge is -2.26. The Morgan fingerprint density at radius 3 is 2.29 bits per heavy atom. The fourth-order valence-corrected chi connectivity index (χ4v) is 4.11. The third-order valence-corrected chi connectivity index (χ3v) is 6.08. The molecule has 0 spiro atoms. The molecule has 7 nitrogen and oxygen atoms in total. The lowest BCUT2D eigenvalue weighted by Crippen LogP contribution is -2.21. The summed E-state index contributed by atoms with van der Waals surface area (Å²) in [4.78, 5) is 12.5. The van der Waals surface area contributed by atoms with Crippen molar-refractivity contribution in [3.8, 4) is 29.1 Å². The van der Waals surface area contributed by atoms with Gasteiger partial charge in [0.2, 0.25) is 5.88 Å². The van der Waals surface area contributed by atoms with Crippen LogP contribution in [0.4, 0.5) is 0 Å². The molecule has 4 rings (SSSR count). The zero-order valence-corrected chi connectivity index (χ0v) is 21.7. The number of carbonyl (C=O) groups is 1. The first kappa shape index (κ1) is 26.4. The SMILES string of the molecule is C=CCOc1ccc(C2C(C#N)=C(N)Oc3cc(OC(=O)COc4ccc(C(C)(C)C)cc4)ccc32)cc1. The number of nitrogens with zero attached hydrogens (tertiary/aromatic N) is 1. The van der Waals surface area contributed by atoms with E-state index in [0.29, 0.717) is 29.4 Å². The fourth-order valence-electron chi connectivity index (χ4n) is 4.11. The molecule has 2 N–H and O–H groups in total. The van der Waals surface area contributed by atoms with E-state index >= 15 is 0 Å². The molecule has 7 heteroatoms. The Morgan fingerprint density at radius 2 is 1.66 bits per heavy atom. The lowest BCUT2D eigenvalue weighted by molar-refractivity contribution is -0.136. The highest BCUT2D eigenvalue weighted by Crippen LogP contribution is 2.43. The van der Waals surface area contributed by atoms with Crippen LogP contribution in [0.3, 0.4) is 0 Å². The van der Waals surface area contributed by atoms with Gasteiger partial charge in [0.15, 0.2) is 6.61 Å². The van der Waals surface area contributed by atoms with Crippen LogP contribution in [0.1, 0.15) is 43.4 Å². The summed E-state index contributed by atoms with van der Waals surface area (Å²) in [7, 11) is 0. The molecule has 1 aliphatic rings. The van der Waals surface area contributed by atoms with Crippen molar-refractivity contribution in [2.24, 2.45) is 5.73 Å². The number of allylic oxidation sites excluding steroid dienone is 1. The van der Waals surface area contributed by atoms with E-state index in [9.17, 15) is 10.1 Å². The van der Waals surface area contributed by atoms with E-state index in [-0.39, 0.29) is 23.7 Å². The van der Waals surface area contributed by atoms with Crippen LogP contribution in [0, 0.1) is 11.3 Å². The van der Waals surface area contributed by atoms with E-state index in [2.05, 4.69) is 33.4 Å². The second kappa shape index (κ2) is 11.1. The third-order valence-electron chi connectivity index (χ3n) is 6.08. The smallest absolute Gasteiger partial charge is 0.349 e. The summed E-state index contributed by atoms with van der Waals surface area (Å²) in [6, 6.07) is 22.2. The van der Waals surface area contributed by atoms with E-state index < -0.39 is 11.9 Å². The van der Waals surface area contributed by atoms with E-state index in [4.69, 9.17) is 24.7 Å². The lowest BCUT2D eigenvalue weighted by atomic mass is 9.83. The van der Waals surface area contributed by atoms with Gasteiger partial charge in [-0.1, -0.05) is 63.8 Å².